The molecule has 1 amide bonds. The summed E-state index contributed by atoms with van der Waals surface area (Å²) < 4.78 is 50.6. The topological polar surface area (TPSA) is 411 Å². The lowest BCUT2D eigenvalue weighted by Gasteiger charge is -2.14. The van der Waals surface area contributed by atoms with Gasteiger partial charge >= 0.3 is 51.2 Å². The van der Waals surface area contributed by atoms with Crippen molar-refractivity contribution in [2.45, 2.75) is 13.8 Å². The number of benzene rings is 11. The molecule has 0 fully saturated rings. The predicted octanol–water partition coefficient (Wildman–Crippen LogP) is 15.6. The largest absolute Gasteiger partial charge is 0.395 e. The number of nitrogens with two attached hydrogens (primary N) is 1. The first-order valence-electron chi connectivity index (χ1n) is 33.2. The first-order chi connectivity index (χ1) is 54.2. The van der Waals surface area contributed by atoms with Gasteiger partial charge in [0.1, 0.15) is 22.7 Å². The quantitative estimate of drug-likeness (QED) is 0.0378. The summed E-state index contributed by atoms with van der Waals surface area (Å²) in [6, 6.07) is 61.2. The first kappa shape index (κ1) is 77.4. The maximum absolute atomic E-state index is 12.7. The summed E-state index contributed by atoms with van der Waals surface area (Å²) in [4.78, 5) is 135. The second kappa shape index (κ2) is 32.8. The van der Waals surface area contributed by atoms with Crippen molar-refractivity contribution >= 4 is 164 Å². The number of nitrogens with one attached hydrogen (secondary N) is 7. The summed E-state index contributed by atoms with van der Waals surface area (Å²) in [6.45, 7) is 0. The number of alkyl halides is 1. The molecule has 1 aliphatic heterocycles. The number of nitrogens with zero attached hydrogens (tertiary/aromatic N) is 9. The van der Waals surface area contributed by atoms with Gasteiger partial charge in [0.05, 0.1) is 113 Å². The van der Waals surface area contributed by atoms with Crippen LogP contribution in [-0.2, 0) is 11.2 Å². The van der Waals surface area contributed by atoms with Crippen LogP contribution >= 0.6 is 63.7 Å². The molecule has 17 aromatic rings. The maximum atomic E-state index is 12.7. The number of hydrogen-bond acceptors (Lipinski definition) is 14. The van der Waals surface area contributed by atoms with E-state index in [0.29, 0.717) is 103 Å². The van der Waals surface area contributed by atoms with Gasteiger partial charge < -0.3 is 41.0 Å². The van der Waals surface area contributed by atoms with E-state index in [0.717, 1.165) is 23.4 Å². The Balaban J connectivity index is 0.000000137. The van der Waals surface area contributed by atoms with E-state index in [1.807, 2.05) is 72.8 Å². The van der Waals surface area contributed by atoms with Gasteiger partial charge in [0.2, 0.25) is 17.5 Å². The van der Waals surface area contributed by atoms with Crippen LogP contribution in [0.25, 0.3) is 100 Å². The Morgan fingerprint density at radius 2 is 0.593 bits per heavy atom. The van der Waals surface area contributed by atoms with Gasteiger partial charge in [-0.3, -0.25) is 66.9 Å². The van der Waals surface area contributed by atoms with Crippen molar-refractivity contribution in [3.63, 3.8) is 0 Å². The SMILES string of the molecule is C.Nc1c(-n2c(=O)[nH]c3ccccc32)cc(Br)cc1-n1c(=O)[nH]c2ccccc21.O=C1Cc2ccccc2N1.O=[N+]([O-])c1c(F)cc(Br)cc1F.O=c1[nH]c2ccccc2n1-c1cc(Br)cc(-n2c(=O)[nH]c3ccccc32)c1[N+](=O)[O-].O=c1[nH]c2ccccc2n1-c1cc(Br)cc(-n2c(=O)[nH]c3ccccc32)c1[N+](=O)[O-].[2H]CF. The highest BCUT2D eigenvalue weighted by atomic mass is 79.9. The molecule has 0 aliphatic carbocycles. The number of fused-ring (bicyclic) bond motifs is 7. The van der Waals surface area contributed by atoms with Gasteiger partial charge in [0.25, 0.3) is 0 Å². The van der Waals surface area contributed by atoms with Crippen molar-refractivity contribution in [2.75, 3.05) is 18.2 Å². The lowest BCUT2D eigenvalue weighted by molar-refractivity contribution is -0.390. The number of amides is 1. The van der Waals surface area contributed by atoms with Crippen molar-refractivity contribution in [3.05, 3.63) is 347 Å². The second-order valence-corrected chi connectivity index (χ2v) is 27.7. The molecule has 0 unspecified atom stereocenters. The van der Waals surface area contributed by atoms with Crippen LogP contribution in [0.1, 0.15) is 14.4 Å². The van der Waals surface area contributed by atoms with Gasteiger partial charge in [0, 0.05) is 23.6 Å². The fourth-order valence-corrected chi connectivity index (χ4v) is 14.5. The van der Waals surface area contributed by atoms with Crippen molar-refractivity contribution in [1.29, 1.82) is 0 Å². The van der Waals surface area contributed by atoms with E-state index in [4.69, 9.17) is 7.10 Å². The van der Waals surface area contributed by atoms with Gasteiger partial charge in [-0.05, 0) is 133 Å². The van der Waals surface area contributed by atoms with Gasteiger partial charge in [0.15, 0.2) is 0 Å². The molecule has 0 bridgehead atoms. The molecule has 0 saturated carbocycles. The maximum Gasteiger partial charge on any atom is 0.340 e. The van der Waals surface area contributed by atoms with Gasteiger partial charge in [-0.1, -0.05) is 162 Å². The van der Waals surface area contributed by atoms with E-state index in [1.165, 1.54) is 51.7 Å². The minimum atomic E-state index is -1.19. The molecule has 0 radical (unpaired) electrons. The number of imidazole rings is 6. The molecule has 37 heteroatoms. The number of halogens is 7. The number of rotatable bonds is 9. The van der Waals surface area contributed by atoms with E-state index >= 15 is 0 Å². The van der Waals surface area contributed by atoms with Crippen LogP contribution in [0.5, 0.6) is 0 Å². The Labute approximate surface area is 664 Å². The Bertz CT molecular complexity index is 6480. The van der Waals surface area contributed by atoms with Gasteiger partial charge in [-0.15, -0.1) is 0 Å². The number of nitro groups is 3. The molecule has 11 aromatic carbocycles. The molecule has 113 heavy (non-hydrogen) atoms. The highest BCUT2D eigenvalue weighted by molar-refractivity contribution is 9.11. The predicted molar refractivity (Wildman–Crippen MR) is 438 cm³/mol. The minimum Gasteiger partial charge on any atom is -0.395 e. The van der Waals surface area contributed by atoms with Crippen LogP contribution in [0.15, 0.2) is 265 Å². The van der Waals surface area contributed by atoms with Gasteiger partial charge in [-0.25, -0.2) is 28.8 Å². The molecule has 0 saturated heterocycles. The summed E-state index contributed by atoms with van der Waals surface area (Å²) in [7, 11) is -1.00. The molecule has 18 rings (SSSR count). The number of hydrogen-bond donors (Lipinski definition) is 8. The number of para-hydroxylation sites is 13. The molecule has 9 N–H and O–H groups in total. The van der Waals surface area contributed by atoms with Crippen LogP contribution in [0.3, 0.4) is 0 Å². The second-order valence-electron chi connectivity index (χ2n) is 24.0. The van der Waals surface area contributed by atoms with Crippen LogP contribution in [0.2, 0.25) is 0 Å². The van der Waals surface area contributed by atoms with Crippen LogP contribution in [-0.4, -0.2) is 85.1 Å². The minimum absolute atomic E-state index is 0. The van der Waals surface area contributed by atoms with E-state index in [9.17, 15) is 77.1 Å². The van der Waals surface area contributed by atoms with Crippen LogP contribution < -0.4 is 45.2 Å². The third-order valence-electron chi connectivity index (χ3n) is 17.3. The average molecular weight is 1790 g/mol. The molecule has 0 spiro atoms. The van der Waals surface area contributed by atoms with Crippen molar-refractivity contribution in [3.8, 4) is 34.1 Å². The van der Waals surface area contributed by atoms with Crippen LogP contribution in [0, 0.1) is 42.0 Å². The zero-order valence-electron chi connectivity index (χ0n) is 57.8. The van der Waals surface area contributed by atoms with E-state index in [2.05, 4.69) is 98.9 Å². The van der Waals surface area contributed by atoms with E-state index < -0.39 is 62.0 Å². The molecule has 570 valence electrons. The Hall–Kier alpha value is -13.8. The molecule has 1 aliphatic rings. The van der Waals surface area contributed by atoms with Crippen molar-refractivity contribution < 1.29 is 34.1 Å². The number of H-pyrrole nitrogens is 6. The zero-order valence-corrected chi connectivity index (χ0v) is 63.1. The number of aromatic amines is 6. The van der Waals surface area contributed by atoms with Gasteiger partial charge in [-0.2, -0.15) is 8.78 Å². The third kappa shape index (κ3) is 15.4. The van der Waals surface area contributed by atoms with E-state index in [1.54, 1.807) is 109 Å². The normalized spacial score (nSPS) is 11.4. The fraction of sp³-hybridized carbons (Fsp3) is 0.0395. The number of nitrogen functional groups attached to an aromatic ring is 1. The highest BCUT2D eigenvalue weighted by Crippen LogP contribution is 2.39. The molecule has 0 atom stereocenters. The number of nitro benzene ring substituents is 3. The summed E-state index contributed by atoms with van der Waals surface area (Å²) in [5.74, 6) is -2.28. The average Bonchev–Trinajstić information content (AvgIpc) is 1.56. The van der Waals surface area contributed by atoms with Crippen LogP contribution in [0.4, 0.5) is 41.6 Å². The lowest BCUT2D eigenvalue weighted by Crippen LogP contribution is -2.20. The Kier molecular flexibility index (Phi) is 22.5. The smallest absolute Gasteiger partial charge is 0.340 e. The molecule has 7 heterocycles. The molecular weight excluding hydrogens is 1740 g/mol. The number of carbonyl (C=O) groups is 1. The standard InChI is InChI=1S/2C20H12BrN5O4.C20H14BrN5O2.C8H7NO.C6H2BrF2NO2.CH3F.CH4/c2*21-11-9-16(24-14-7-3-1-5-12(14)22-19(24)27)18(26(29)30)17(10-11)25-15-8-4-2-6-13(15)23-20(25)28;21-11-9-16(25-14-7-3-1-5-12(14)23-19(25)27)18(22)17(10-11)26-15-8-4-2-6-13(15)24-20(26)28;10-8-5-6-3-1-2-4-7(6)9-8;7-3-1-4(8)6(10(11)12)5(9)2-3;1-2;/h2*1-10H,(H,22,27)(H,23,28);1-10H,22H2,(H,23,27)(H,24,28);1-4H,5H2,(H,9,10);1-2H;1H3;1H4/i;;;;;1D;. The van der Waals surface area contributed by atoms with Crippen molar-refractivity contribution in [2.24, 2.45) is 0 Å². The van der Waals surface area contributed by atoms with E-state index in [-0.39, 0.29) is 63.3 Å². The summed E-state index contributed by atoms with van der Waals surface area (Å²) in [5.41, 5.74) is 12.4. The summed E-state index contributed by atoms with van der Waals surface area (Å²) >= 11 is 13.0. The molecular formula is C76H54Br4F3N17O13. The first-order valence-corrected chi connectivity index (χ1v) is 35.7. The summed E-state index contributed by atoms with van der Waals surface area (Å²) in [6.07, 6.45) is 0.538. The third-order valence-corrected chi connectivity index (χ3v) is 19.2. The number of aromatic nitrogens is 12. The Morgan fingerprint density at radius 3 is 0.850 bits per heavy atom. The fourth-order valence-electron chi connectivity index (χ4n) is 12.8. The molecule has 6 aromatic heterocycles. The monoisotopic (exact) mass is 1790 g/mol. The number of carbonyl (C=O) groups excluding carboxylic acids is 1. The summed E-state index contributed by atoms with van der Waals surface area (Å²) in [5, 5.41) is 37.2. The zero-order chi connectivity index (χ0) is 80.4. The highest BCUT2D eigenvalue weighted by Gasteiger charge is 2.31. The number of anilines is 2. The lowest BCUT2D eigenvalue weighted by atomic mass is 10.2. The molecule has 30 nitrogen and oxygen atoms in total. The Morgan fingerprint density at radius 1 is 0.372 bits per heavy atom. The van der Waals surface area contributed by atoms with Crippen molar-refractivity contribution in [1.82, 2.24) is 57.3 Å².